The van der Waals surface area contributed by atoms with Gasteiger partial charge >= 0.3 is 0 Å². The molecule has 0 atom stereocenters. The Morgan fingerprint density at radius 1 is 1.16 bits per heavy atom. The number of carbonyl (C=O) groups excluding carboxylic acids is 1. The van der Waals surface area contributed by atoms with Crippen LogP contribution in [0.25, 0.3) is 0 Å². The molecule has 0 radical (unpaired) electrons. The fourth-order valence-electron chi connectivity index (χ4n) is 1.99. The number of hydrogen-bond acceptors (Lipinski definition) is 2. The van der Waals surface area contributed by atoms with Gasteiger partial charge in [0.15, 0.2) is 0 Å². The first-order valence-electron chi connectivity index (χ1n) is 5.91. The molecule has 0 bridgehead atoms. The van der Waals surface area contributed by atoms with E-state index in [0.29, 0.717) is 16.4 Å². The Bertz CT molecular complexity index is 707. The van der Waals surface area contributed by atoms with E-state index in [4.69, 9.17) is 11.6 Å². The average Bonchev–Trinajstić information content (AvgIpc) is 2.71. The van der Waals surface area contributed by atoms with Crippen LogP contribution in [0.1, 0.15) is 11.1 Å². The second-order valence-corrected chi connectivity index (χ2v) is 4.80. The highest BCUT2D eigenvalue weighted by atomic mass is 35.5. The normalized spacial score (nSPS) is 15.5. The number of rotatable bonds is 1. The third-order valence-electron chi connectivity index (χ3n) is 3.04. The Morgan fingerprint density at radius 2 is 1.95 bits per heavy atom. The van der Waals surface area contributed by atoms with Crippen LogP contribution in [0.3, 0.4) is 0 Å². The van der Waals surface area contributed by atoms with Gasteiger partial charge in [0.05, 0.1) is 11.4 Å². The van der Waals surface area contributed by atoms with Gasteiger partial charge in [0.1, 0.15) is 5.71 Å². The summed E-state index contributed by atoms with van der Waals surface area (Å²) in [7, 11) is 0. The zero-order valence-corrected chi connectivity index (χ0v) is 11.0. The number of hydrogen-bond donors (Lipinski definition) is 1. The number of nitrogens with one attached hydrogen (secondary N) is 1. The molecular weight excluding hydrogens is 260 g/mol. The zero-order chi connectivity index (χ0) is 13.4. The van der Waals surface area contributed by atoms with Crippen molar-refractivity contribution in [2.45, 2.75) is 6.92 Å². The van der Waals surface area contributed by atoms with E-state index < -0.39 is 0 Å². The maximum atomic E-state index is 11.9. The lowest BCUT2D eigenvalue weighted by Crippen LogP contribution is -2.13. The Balaban J connectivity index is 2.08. The predicted molar refractivity (Wildman–Crippen MR) is 77.5 cm³/mol. The second kappa shape index (κ2) is 4.52. The number of aliphatic imine (C=N–C) groups is 1. The van der Waals surface area contributed by atoms with Crippen LogP contribution in [0.2, 0.25) is 5.02 Å². The highest BCUT2D eigenvalue weighted by Crippen LogP contribution is 2.27. The summed E-state index contributed by atoms with van der Waals surface area (Å²) in [5, 5.41) is 3.44. The zero-order valence-electron chi connectivity index (χ0n) is 10.3. The minimum atomic E-state index is -0.183. The van der Waals surface area contributed by atoms with Crippen molar-refractivity contribution in [2.24, 2.45) is 4.99 Å². The molecule has 2 aromatic carbocycles. The molecule has 19 heavy (non-hydrogen) atoms. The lowest BCUT2D eigenvalue weighted by molar-refractivity contribution is -0.110. The van der Waals surface area contributed by atoms with Gasteiger partial charge in [-0.2, -0.15) is 0 Å². The average molecular weight is 271 g/mol. The number of halogens is 1. The molecule has 1 N–H and O–H groups in total. The van der Waals surface area contributed by atoms with Crippen LogP contribution in [0.5, 0.6) is 0 Å². The number of aryl methyl sites for hydroxylation is 1. The number of para-hydroxylation sites is 1. The summed E-state index contributed by atoms with van der Waals surface area (Å²) in [6.45, 7) is 1.93. The Hall–Kier alpha value is -2.13. The fourth-order valence-corrected chi connectivity index (χ4v) is 2.17. The number of nitrogens with zero attached hydrogens (tertiary/aromatic N) is 1. The first kappa shape index (κ1) is 11.9. The number of amides is 1. The largest absolute Gasteiger partial charge is 0.320 e. The van der Waals surface area contributed by atoms with Crippen molar-refractivity contribution >= 4 is 34.6 Å². The molecule has 2 aromatic rings. The highest BCUT2D eigenvalue weighted by Gasteiger charge is 2.25. The molecular formula is C15H11ClN2O. The van der Waals surface area contributed by atoms with Crippen molar-refractivity contribution in [2.75, 3.05) is 5.32 Å². The third-order valence-corrected chi connectivity index (χ3v) is 3.45. The lowest BCUT2D eigenvalue weighted by Gasteiger charge is -2.00. The van der Waals surface area contributed by atoms with E-state index in [1.165, 1.54) is 0 Å². The lowest BCUT2D eigenvalue weighted by atomic mass is 10.1. The minimum absolute atomic E-state index is 0.183. The summed E-state index contributed by atoms with van der Waals surface area (Å²) >= 11 is 6.07. The van der Waals surface area contributed by atoms with Gasteiger partial charge in [-0.25, -0.2) is 4.99 Å². The predicted octanol–water partition coefficient (Wildman–Crippen LogP) is 3.72. The van der Waals surface area contributed by atoms with E-state index in [-0.39, 0.29) is 5.91 Å². The molecule has 0 unspecified atom stereocenters. The summed E-state index contributed by atoms with van der Waals surface area (Å²) in [4.78, 5) is 16.3. The van der Waals surface area contributed by atoms with Crippen molar-refractivity contribution in [1.82, 2.24) is 0 Å². The van der Waals surface area contributed by atoms with E-state index in [0.717, 1.165) is 16.8 Å². The first-order valence-corrected chi connectivity index (χ1v) is 6.28. The Morgan fingerprint density at radius 3 is 2.74 bits per heavy atom. The van der Waals surface area contributed by atoms with Crippen LogP contribution in [-0.4, -0.2) is 11.6 Å². The number of fused-ring (bicyclic) bond motifs is 1. The molecule has 0 aliphatic carbocycles. The monoisotopic (exact) mass is 270 g/mol. The van der Waals surface area contributed by atoms with Gasteiger partial charge in [-0.3, -0.25) is 4.79 Å². The van der Waals surface area contributed by atoms with E-state index in [2.05, 4.69) is 10.3 Å². The quantitative estimate of drug-likeness (QED) is 0.843. The summed E-state index contributed by atoms with van der Waals surface area (Å²) in [5.74, 6) is -0.183. The molecule has 94 valence electrons. The molecule has 0 saturated carbocycles. The smallest absolute Gasteiger partial charge is 0.275 e. The maximum absolute atomic E-state index is 11.9. The van der Waals surface area contributed by atoms with Crippen LogP contribution in [-0.2, 0) is 4.79 Å². The van der Waals surface area contributed by atoms with Crippen LogP contribution in [0.4, 0.5) is 11.4 Å². The molecule has 0 saturated heterocycles. The Kier molecular flexibility index (Phi) is 2.84. The molecule has 0 fully saturated rings. The van der Waals surface area contributed by atoms with Crippen LogP contribution in [0, 0.1) is 6.92 Å². The van der Waals surface area contributed by atoms with Crippen LogP contribution >= 0.6 is 11.6 Å². The van der Waals surface area contributed by atoms with Gasteiger partial charge in [-0.05, 0) is 30.7 Å². The second-order valence-electron chi connectivity index (χ2n) is 4.39. The topological polar surface area (TPSA) is 41.5 Å². The van der Waals surface area contributed by atoms with Crippen molar-refractivity contribution in [3.63, 3.8) is 0 Å². The van der Waals surface area contributed by atoms with Gasteiger partial charge in [0, 0.05) is 10.6 Å². The summed E-state index contributed by atoms with van der Waals surface area (Å²) < 4.78 is 0. The van der Waals surface area contributed by atoms with Crippen LogP contribution in [0.15, 0.2) is 47.5 Å². The van der Waals surface area contributed by atoms with Gasteiger partial charge in [-0.1, -0.05) is 35.9 Å². The number of carbonyl (C=O) groups is 1. The SMILES string of the molecule is Cc1ccc(N=C2C(=O)Nc3ccccc32)cc1Cl. The molecule has 1 amide bonds. The molecule has 3 nitrogen and oxygen atoms in total. The molecule has 3 rings (SSSR count). The minimum Gasteiger partial charge on any atom is -0.320 e. The highest BCUT2D eigenvalue weighted by molar-refractivity contribution is 6.54. The molecule has 4 heteroatoms. The van der Waals surface area contributed by atoms with Crippen molar-refractivity contribution in [3.05, 3.63) is 58.6 Å². The molecule has 1 heterocycles. The maximum Gasteiger partial charge on any atom is 0.275 e. The van der Waals surface area contributed by atoms with Gasteiger partial charge in [0.2, 0.25) is 0 Å². The molecule has 1 aliphatic heterocycles. The van der Waals surface area contributed by atoms with E-state index in [9.17, 15) is 4.79 Å². The summed E-state index contributed by atoms with van der Waals surface area (Å²) in [6, 6.07) is 13.0. The standard InChI is InChI=1S/C15H11ClN2O/c1-9-6-7-10(8-12(9)16)17-14-11-4-2-3-5-13(11)18-15(14)19/h2-8H,1H3,(H,17,18,19). The van der Waals surface area contributed by atoms with Gasteiger partial charge in [0.25, 0.3) is 5.91 Å². The molecule has 1 aliphatic rings. The molecule has 0 aromatic heterocycles. The summed E-state index contributed by atoms with van der Waals surface area (Å²) in [6.07, 6.45) is 0. The first-order chi connectivity index (χ1) is 9.15. The fraction of sp³-hybridized carbons (Fsp3) is 0.0667. The summed E-state index contributed by atoms with van der Waals surface area (Å²) in [5.41, 5.74) is 3.71. The Labute approximate surface area is 115 Å². The number of anilines is 1. The number of benzene rings is 2. The van der Waals surface area contributed by atoms with E-state index in [1.54, 1.807) is 6.07 Å². The van der Waals surface area contributed by atoms with Crippen molar-refractivity contribution in [3.8, 4) is 0 Å². The van der Waals surface area contributed by atoms with Crippen LogP contribution < -0.4 is 5.32 Å². The third kappa shape index (κ3) is 2.13. The van der Waals surface area contributed by atoms with E-state index in [1.807, 2.05) is 43.3 Å². The van der Waals surface area contributed by atoms with Crippen molar-refractivity contribution < 1.29 is 4.79 Å². The molecule has 0 spiro atoms. The van der Waals surface area contributed by atoms with E-state index >= 15 is 0 Å². The van der Waals surface area contributed by atoms with Crippen molar-refractivity contribution in [1.29, 1.82) is 0 Å². The van der Waals surface area contributed by atoms with Gasteiger partial charge in [-0.15, -0.1) is 0 Å². The van der Waals surface area contributed by atoms with Gasteiger partial charge < -0.3 is 5.32 Å².